The van der Waals surface area contributed by atoms with Crippen LogP contribution >= 0.6 is 0 Å². The van der Waals surface area contributed by atoms with Crippen LogP contribution in [0.3, 0.4) is 0 Å². The fraction of sp³-hybridized carbons (Fsp3) is 0.0714. The summed E-state index contributed by atoms with van der Waals surface area (Å²) in [5.74, 6) is -1.90. The minimum atomic E-state index is -0.654. The average Bonchev–Trinajstić information content (AvgIpc) is 2.72. The lowest BCUT2D eigenvalue weighted by Gasteiger charge is -2.09. The second-order valence-corrected chi connectivity index (χ2v) is 4.47. The second-order valence-electron chi connectivity index (χ2n) is 4.47. The fourth-order valence-corrected chi connectivity index (χ4v) is 2.14. The molecule has 0 atom stereocenters. The molecule has 3 rings (SSSR count). The Labute approximate surface area is 112 Å². The minimum Gasteiger partial charge on any atom is -0.369 e. The molecule has 3 aromatic rings. The molecule has 0 aliphatic carbocycles. The van der Waals surface area contributed by atoms with Crippen LogP contribution in [0.2, 0.25) is 0 Å². The van der Waals surface area contributed by atoms with Crippen LogP contribution in [0.5, 0.6) is 0 Å². The van der Waals surface area contributed by atoms with Crippen molar-refractivity contribution in [2.45, 2.75) is 6.92 Å². The van der Waals surface area contributed by atoms with Gasteiger partial charge in [0.25, 0.3) is 0 Å². The first-order valence-electron chi connectivity index (χ1n) is 5.87. The molecule has 0 spiro atoms. The predicted molar refractivity (Wildman–Crippen MR) is 70.1 cm³/mol. The summed E-state index contributed by atoms with van der Waals surface area (Å²) in [5, 5.41) is 0. The zero-order chi connectivity index (χ0) is 14.4. The van der Waals surface area contributed by atoms with E-state index in [4.69, 9.17) is 5.73 Å². The van der Waals surface area contributed by atoms with Crippen molar-refractivity contribution in [1.29, 1.82) is 0 Å². The molecule has 1 heterocycles. The number of nitrogens with zero attached hydrogens (tertiary/aromatic N) is 2. The molecule has 0 aliphatic heterocycles. The van der Waals surface area contributed by atoms with Crippen molar-refractivity contribution in [1.82, 2.24) is 9.55 Å². The Bertz CT molecular complexity index is 824. The molecule has 20 heavy (non-hydrogen) atoms. The van der Waals surface area contributed by atoms with E-state index in [-0.39, 0.29) is 28.2 Å². The molecule has 0 amide bonds. The van der Waals surface area contributed by atoms with E-state index in [1.807, 2.05) is 0 Å². The van der Waals surface area contributed by atoms with E-state index < -0.39 is 17.5 Å². The Kier molecular flexibility index (Phi) is 2.67. The molecule has 0 saturated heterocycles. The van der Waals surface area contributed by atoms with Gasteiger partial charge in [0.1, 0.15) is 17.2 Å². The quantitative estimate of drug-likeness (QED) is 0.741. The number of para-hydroxylation sites is 1. The Morgan fingerprint density at radius 1 is 1.05 bits per heavy atom. The zero-order valence-corrected chi connectivity index (χ0v) is 10.5. The molecule has 2 N–H and O–H groups in total. The summed E-state index contributed by atoms with van der Waals surface area (Å²) >= 11 is 0. The van der Waals surface area contributed by atoms with E-state index in [1.54, 1.807) is 6.07 Å². The highest BCUT2D eigenvalue weighted by Crippen LogP contribution is 2.27. The molecule has 3 nitrogen and oxygen atoms in total. The molecule has 0 bridgehead atoms. The number of halogens is 3. The predicted octanol–water partition coefficient (Wildman–Crippen LogP) is 3.33. The number of nitrogens with two attached hydrogens (primary N) is 1. The third-order valence-electron chi connectivity index (χ3n) is 3.13. The van der Waals surface area contributed by atoms with Crippen molar-refractivity contribution in [3.8, 4) is 5.69 Å². The van der Waals surface area contributed by atoms with Gasteiger partial charge in [0.2, 0.25) is 5.95 Å². The van der Waals surface area contributed by atoms with Crippen LogP contribution in [0.15, 0.2) is 30.3 Å². The van der Waals surface area contributed by atoms with Crippen LogP contribution in [-0.4, -0.2) is 9.55 Å². The lowest BCUT2D eigenvalue weighted by atomic mass is 10.2. The summed E-state index contributed by atoms with van der Waals surface area (Å²) < 4.78 is 42.5. The van der Waals surface area contributed by atoms with Gasteiger partial charge in [-0.1, -0.05) is 6.07 Å². The summed E-state index contributed by atoms with van der Waals surface area (Å²) in [7, 11) is 0. The van der Waals surface area contributed by atoms with Gasteiger partial charge in [-0.25, -0.2) is 18.2 Å². The number of benzene rings is 2. The highest BCUT2D eigenvalue weighted by Gasteiger charge is 2.17. The van der Waals surface area contributed by atoms with Gasteiger partial charge in [0, 0.05) is 6.07 Å². The number of fused-ring (bicyclic) bond motifs is 1. The Balaban J connectivity index is 2.38. The van der Waals surface area contributed by atoms with Crippen molar-refractivity contribution in [2.75, 3.05) is 5.73 Å². The van der Waals surface area contributed by atoms with Gasteiger partial charge in [-0.2, -0.15) is 0 Å². The molecule has 0 fully saturated rings. The van der Waals surface area contributed by atoms with E-state index in [0.717, 1.165) is 12.1 Å². The van der Waals surface area contributed by atoms with Crippen LogP contribution < -0.4 is 5.73 Å². The third-order valence-corrected chi connectivity index (χ3v) is 3.13. The number of rotatable bonds is 1. The topological polar surface area (TPSA) is 43.8 Å². The van der Waals surface area contributed by atoms with Gasteiger partial charge >= 0.3 is 0 Å². The van der Waals surface area contributed by atoms with Crippen LogP contribution in [0.4, 0.5) is 19.1 Å². The standard InChI is InChI=1S/C14H10F3N3/c1-7-5-10(17)12(6-9(7)16)20-11-4-2-3-8(15)13(11)19-14(20)18/h2-6H,1H3,(H2,18,19). The van der Waals surface area contributed by atoms with E-state index >= 15 is 0 Å². The SMILES string of the molecule is Cc1cc(F)c(-n2c(N)nc3c(F)cccc32)cc1F. The van der Waals surface area contributed by atoms with Crippen LogP contribution in [-0.2, 0) is 0 Å². The maximum absolute atomic E-state index is 14.0. The number of imidazole rings is 1. The van der Waals surface area contributed by atoms with Crippen molar-refractivity contribution in [2.24, 2.45) is 0 Å². The molecule has 0 radical (unpaired) electrons. The third kappa shape index (κ3) is 1.72. The summed E-state index contributed by atoms with van der Waals surface area (Å²) in [6.07, 6.45) is 0. The highest BCUT2D eigenvalue weighted by atomic mass is 19.1. The molecule has 0 unspecified atom stereocenters. The number of hydrogen-bond donors (Lipinski definition) is 1. The number of nitrogen functional groups attached to an aromatic ring is 1. The molecule has 2 aromatic carbocycles. The van der Waals surface area contributed by atoms with Crippen molar-refractivity contribution in [3.05, 3.63) is 53.3 Å². The number of aryl methyl sites for hydroxylation is 1. The summed E-state index contributed by atoms with van der Waals surface area (Å²) in [6, 6.07) is 6.31. The van der Waals surface area contributed by atoms with E-state index in [0.29, 0.717) is 0 Å². The van der Waals surface area contributed by atoms with Crippen LogP contribution in [0.1, 0.15) is 5.56 Å². The first kappa shape index (κ1) is 12.5. The van der Waals surface area contributed by atoms with E-state index in [9.17, 15) is 13.2 Å². The highest BCUT2D eigenvalue weighted by molar-refractivity contribution is 5.81. The average molecular weight is 277 g/mol. The fourth-order valence-electron chi connectivity index (χ4n) is 2.14. The maximum Gasteiger partial charge on any atom is 0.206 e. The normalized spacial score (nSPS) is 11.2. The van der Waals surface area contributed by atoms with E-state index in [1.165, 1.54) is 23.6 Å². The van der Waals surface area contributed by atoms with Gasteiger partial charge in [-0.05, 0) is 30.7 Å². The largest absolute Gasteiger partial charge is 0.369 e. The monoisotopic (exact) mass is 277 g/mol. The van der Waals surface area contributed by atoms with Crippen molar-refractivity contribution >= 4 is 17.0 Å². The van der Waals surface area contributed by atoms with Gasteiger partial charge in [0.15, 0.2) is 5.82 Å². The molecule has 0 aliphatic rings. The lowest BCUT2D eigenvalue weighted by Crippen LogP contribution is -2.04. The molecular formula is C14H10F3N3. The Hall–Kier alpha value is -2.50. The maximum atomic E-state index is 14.0. The zero-order valence-electron chi connectivity index (χ0n) is 10.5. The summed E-state index contributed by atoms with van der Waals surface area (Å²) in [5.41, 5.74) is 6.09. The van der Waals surface area contributed by atoms with Crippen molar-refractivity contribution in [3.63, 3.8) is 0 Å². The first-order chi connectivity index (χ1) is 9.49. The van der Waals surface area contributed by atoms with Crippen LogP contribution in [0.25, 0.3) is 16.7 Å². The molecule has 1 aromatic heterocycles. The molecule has 102 valence electrons. The number of hydrogen-bond acceptors (Lipinski definition) is 2. The molecule has 0 saturated carbocycles. The smallest absolute Gasteiger partial charge is 0.206 e. The Morgan fingerprint density at radius 3 is 2.55 bits per heavy atom. The summed E-state index contributed by atoms with van der Waals surface area (Å²) in [4.78, 5) is 3.86. The molecule has 6 heteroatoms. The number of aromatic nitrogens is 2. The van der Waals surface area contributed by atoms with Gasteiger partial charge in [-0.3, -0.25) is 4.57 Å². The molecular weight excluding hydrogens is 267 g/mol. The summed E-state index contributed by atoms with van der Waals surface area (Å²) in [6.45, 7) is 1.46. The number of anilines is 1. The van der Waals surface area contributed by atoms with E-state index in [2.05, 4.69) is 4.98 Å². The first-order valence-corrected chi connectivity index (χ1v) is 5.87. The van der Waals surface area contributed by atoms with Gasteiger partial charge in [0.05, 0.1) is 11.2 Å². The second kappa shape index (κ2) is 4.26. The van der Waals surface area contributed by atoms with Gasteiger partial charge < -0.3 is 5.73 Å². The Morgan fingerprint density at radius 2 is 1.80 bits per heavy atom. The van der Waals surface area contributed by atoms with Gasteiger partial charge in [-0.15, -0.1) is 0 Å². The lowest BCUT2D eigenvalue weighted by molar-refractivity contribution is 0.587. The van der Waals surface area contributed by atoms with Crippen molar-refractivity contribution < 1.29 is 13.2 Å². The minimum absolute atomic E-state index is 0.0189. The van der Waals surface area contributed by atoms with Crippen LogP contribution in [0, 0.1) is 24.4 Å².